The van der Waals surface area contributed by atoms with Gasteiger partial charge < -0.3 is 5.11 Å². The first kappa shape index (κ1) is 29.7. The number of allylic oxidation sites excluding steroid dienone is 4. The molecule has 0 saturated carbocycles. The van der Waals surface area contributed by atoms with Gasteiger partial charge in [0.2, 0.25) is 0 Å². The van der Waals surface area contributed by atoms with E-state index in [1.165, 1.54) is 32.0 Å². The fraction of sp³-hybridized carbons (Fsp3) is 0.588. The van der Waals surface area contributed by atoms with Gasteiger partial charge in [-0.3, -0.25) is 4.79 Å². The number of ketones is 1. The third-order valence-electron chi connectivity index (χ3n) is 1.93. The van der Waals surface area contributed by atoms with Crippen LogP contribution in [0.5, 0.6) is 0 Å². The number of aliphatic hydroxyl groups excluding tert-OH is 1. The van der Waals surface area contributed by atoms with E-state index in [1.807, 2.05) is 12.2 Å². The number of rotatable bonds is 5. The van der Waals surface area contributed by atoms with Crippen molar-refractivity contribution in [3.8, 4) is 0 Å². The van der Waals surface area contributed by atoms with Crippen LogP contribution in [0.1, 0.15) is 13.8 Å². The molecule has 0 rings (SSSR count). The first-order valence-corrected chi connectivity index (χ1v) is 14.8. The summed E-state index contributed by atoms with van der Waals surface area (Å²) in [7, 11) is -1.55. The van der Waals surface area contributed by atoms with Gasteiger partial charge in [-0.1, -0.05) is 51.4 Å². The molecular formula is C17H36O2RhSi2. The first-order chi connectivity index (χ1) is 9.25. The monoisotopic (exact) mass is 431 g/mol. The summed E-state index contributed by atoms with van der Waals surface area (Å²) in [6, 6.07) is 2.49. The summed E-state index contributed by atoms with van der Waals surface area (Å²) >= 11 is 0. The standard InChI is InChI=1S/2C6H14Si.C5H8O2.Rh/c2*1-5-6-7(2,3)4;1-4(6)3-5(2)7;/h2*5H,1,6H2,2-4H3;3,6H,1-2H3;/b;;4-3-;. The zero-order valence-electron chi connectivity index (χ0n) is 15.7. The van der Waals surface area contributed by atoms with Gasteiger partial charge in [-0.2, -0.15) is 0 Å². The molecule has 0 fully saturated rings. The van der Waals surface area contributed by atoms with Crippen LogP contribution in [0.25, 0.3) is 0 Å². The molecule has 1 N–H and O–H groups in total. The summed E-state index contributed by atoms with van der Waals surface area (Å²) in [5, 5.41) is 8.36. The maximum atomic E-state index is 10.0. The first-order valence-electron chi connectivity index (χ1n) is 7.35. The molecule has 0 aliphatic heterocycles. The third-order valence-corrected chi connectivity index (χ3v) is 4.95. The number of carbonyl (C=O) groups excluding carboxylic acids is 1. The molecule has 2 nitrogen and oxygen atoms in total. The Hall–Kier alpha value is -0.253. The van der Waals surface area contributed by atoms with E-state index in [9.17, 15) is 4.79 Å². The van der Waals surface area contributed by atoms with E-state index in [-0.39, 0.29) is 31.0 Å². The molecule has 0 unspecified atom stereocenters. The molecule has 5 heteroatoms. The molecule has 0 spiro atoms. The largest absolute Gasteiger partial charge is 0.512 e. The van der Waals surface area contributed by atoms with E-state index in [0.29, 0.717) is 0 Å². The molecule has 0 aliphatic carbocycles. The van der Waals surface area contributed by atoms with Crippen LogP contribution in [0.15, 0.2) is 37.1 Å². The summed E-state index contributed by atoms with van der Waals surface area (Å²) < 4.78 is 0. The van der Waals surface area contributed by atoms with E-state index in [2.05, 4.69) is 52.4 Å². The van der Waals surface area contributed by atoms with Crippen molar-refractivity contribution in [1.29, 1.82) is 0 Å². The van der Waals surface area contributed by atoms with Crippen LogP contribution >= 0.6 is 0 Å². The van der Waals surface area contributed by atoms with E-state index in [4.69, 9.17) is 5.11 Å². The maximum absolute atomic E-state index is 10.0. The van der Waals surface area contributed by atoms with Crippen molar-refractivity contribution < 1.29 is 29.4 Å². The minimum atomic E-state index is -0.775. The topological polar surface area (TPSA) is 37.3 Å². The van der Waals surface area contributed by atoms with Crippen LogP contribution in [-0.4, -0.2) is 27.0 Å². The molecule has 0 aliphatic rings. The second kappa shape index (κ2) is 15.6. The van der Waals surface area contributed by atoms with Crippen molar-refractivity contribution in [2.75, 3.05) is 0 Å². The number of hydrogen-bond donors (Lipinski definition) is 1. The minimum Gasteiger partial charge on any atom is -0.512 e. The maximum Gasteiger partial charge on any atom is 0.155 e. The molecule has 0 aromatic rings. The van der Waals surface area contributed by atoms with Gasteiger partial charge in [0, 0.05) is 41.7 Å². The summed E-state index contributed by atoms with van der Waals surface area (Å²) in [6.07, 6.45) is 5.21. The average Bonchev–Trinajstić information content (AvgIpc) is 2.12. The molecule has 0 aromatic carbocycles. The molecule has 0 saturated heterocycles. The van der Waals surface area contributed by atoms with Crippen molar-refractivity contribution in [3.05, 3.63) is 37.1 Å². The predicted octanol–water partition coefficient (Wildman–Crippen LogP) is 6.06. The number of carbonyl (C=O) groups is 1. The van der Waals surface area contributed by atoms with Gasteiger partial charge in [0.1, 0.15) is 0 Å². The predicted molar refractivity (Wildman–Crippen MR) is 104 cm³/mol. The molecule has 0 atom stereocenters. The van der Waals surface area contributed by atoms with E-state index < -0.39 is 16.1 Å². The van der Waals surface area contributed by atoms with Crippen LogP contribution in [0.3, 0.4) is 0 Å². The number of aliphatic hydroxyl groups is 1. The Morgan fingerprint density at radius 1 is 0.909 bits per heavy atom. The van der Waals surface area contributed by atoms with E-state index >= 15 is 0 Å². The zero-order valence-corrected chi connectivity index (χ0v) is 19.4. The Morgan fingerprint density at radius 2 is 1.18 bits per heavy atom. The van der Waals surface area contributed by atoms with E-state index in [1.54, 1.807) is 0 Å². The Labute approximate surface area is 153 Å². The van der Waals surface area contributed by atoms with Crippen molar-refractivity contribution >= 4 is 21.9 Å². The van der Waals surface area contributed by atoms with Gasteiger partial charge >= 0.3 is 0 Å². The Balaban J connectivity index is -0.000000108. The quantitative estimate of drug-likeness (QED) is 0.249. The number of hydrogen-bond acceptors (Lipinski definition) is 2. The third kappa shape index (κ3) is 50.3. The minimum absolute atomic E-state index is 0. The molecule has 0 heterocycles. The fourth-order valence-corrected chi connectivity index (χ4v) is 2.89. The molecule has 133 valence electrons. The van der Waals surface area contributed by atoms with Crippen LogP contribution < -0.4 is 0 Å². The summed E-state index contributed by atoms with van der Waals surface area (Å²) in [6.45, 7) is 24.3. The molecule has 1 radical (unpaired) electrons. The van der Waals surface area contributed by atoms with Crippen molar-refractivity contribution in [2.24, 2.45) is 0 Å². The second-order valence-electron chi connectivity index (χ2n) is 7.50. The van der Waals surface area contributed by atoms with Gasteiger partial charge in [0.15, 0.2) is 5.78 Å². The van der Waals surface area contributed by atoms with E-state index in [0.717, 1.165) is 0 Å². The summed E-state index contributed by atoms with van der Waals surface area (Å²) in [5.74, 6) is -0.0625. The molecule has 0 bridgehead atoms. The van der Waals surface area contributed by atoms with Crippen LogP contribution in [0.4, 0.5) is 0 Å². The normalized spacial score (nSPS) is 10.8. The van der Waals surface area contributed by atoms with Gasteiger partial charge in [-0.15, -0.1) is 13.2 Å². The van der Waals surface area contributed by atoms with Crippen LogP contribution in [-0.2, 0) is 24.3 Å². The summed E-state index contributed by atoms with van der Waals surface area (Å²) in [4.78, 5) is 10.0. The smallest absolute Gasteiger partial charge is 0.155 e. The Morgan fingerprint density at radius 3 is 1.18 bits per heavy atom. The van der Waals surface area contributed by atoms with Gasteiger partial charge in [-0.25, -0.2) is 0 Å². The van der Waals surface area contributed by atoms with Crippen molar-refractivity contribution in [1.82, 2.24) is 0 Å². The Bertz CT molecular complexity index is 314. The molecular weight excluding hydrogens is 395 g/mol. The van der Waals surface area contributed by atoms with Gasteiger partial charge in [0.05, 0.1) is 5.76 Å². The van der Waals surface area contributed by atoms with Crippen LogP contribution in [0.2, 0.25) is 51.4 Å². The molecule has 0 aromatic heterocycles. The molecule has 0 amide bonds. The Kier molecular flexibility index (Phi) is 21.1. The fourth-order valence-electron chi connectivity index (χ4n) is 1.16. The average molecular weight is 432 g/mol. The SMILES string of the molecule is C=CC[Si](C)(C)C.C=CC[Si](C)(C)C.CC(=O)/C=C(/C)O.[Rh]. The van der Waals surface area contributed by atoms with Crippen molar-refractivity contribution in [3.63, 3.8) is 0 Å². The molecule has 22 heavy (non-hydrogen) atoms. The van der Waals surface area contributed by atoms with Gasteiger partial charge in [0.25, 0.3) is 0 Å². The summed E-state index contributed by atoms with van der Waals surface area (Å²) in [5.41, 5.74) is 0. The van der Waals surface area contributed by atoms with Gasteiger partial charge in [-0.05, 0) is 25.9 Å². The van der Waals surface area contributed by atoms with Crippen molar-refractivity contribution in [2.45, 2.75) is 65.2 Å². The second-order valence-corrected chi connectivity index (χ2v) is 18.6. The van der Waals surface area contributed by atoms with Crippen LogP contribution in [0, 0.1) is 0 Å². The zero-order chi connectivity index (χ0) is 17.7.